The van der Waals surface area contributed by atoms with Crippen LogP contribution in [0.5, 0.6) is 5.75 Å². The number of aryl methyl sites for hydroxylation is 1. The number of anilines is 1. The molecule has 0 spiro atoms. The number of hydrogen-bond donors (Lipinski definition) is 2. The van der Waals surface area contributed by atoms with Crippen LogP contribution in [0.1, 0.15) is 0 Å². The van der Waals surface area contributed by atoms with Crippen molar-refractivity contribution < 1.29 is 5.11 Å². The molecule has 0 unspecified atom stereocenters. The number of rotatable bonds is 2. The van der Waals surface area contributed by atoms with Gasteiger partial charge in [-0.15, -0.1) is 10.2 Å². The molecule has 2 heterocycles. The van der Waals surface area contributed by atoms with Gasteiger partial charge in [-0.3, -0.25) is 4.68 Å². The highest BCUT2D eigenvalue weighted by Crippen LogP contribution is 2.31. The first kappa shape index (κ1) is 12.2. The van der Waals surface area contributed by atoms with Crippen LogP contribution in [0.3, 0.4) is 0 Å². The molecule has 0 amide bonds. The molecular weight excluding hydrogens is 254 g/mol. The van der Waals surface area contributed by atoms with Gasteiger partial charge in [0, 0.05) is 24.4 Å². The molecule has 100 valence electrons. The Labute approximate surface area is 115 Å². The van der Waals surface area contributed by atoms with Crippen LogP contribution in [0.15, 0.2) is 42.6 Å². The number of para-hydroxylation sites is 1. The van der Waals surface area contributed by atoms with E-state index >= 15 is 0 Å². The molecule has 0 atom stereocenters. The maximum atomic E-state index is 9.89. The van der Waals surface area contributed by atoms with Gasteiger partial charge >= 0.3 is 0 Å². The minimum Gasteiger partial charge on any atom is -0.507 e. The lowest BCUT2D eigenvalue weighted by atomic mass is 10.1. The molecule has 0 radical (unpaired) electrons. The third-order valence-electron chi connectivity index (χ3n) is 3.10. The van der Waals surface area contributed by atoms with E-state index in [4.69, 9.17) is 5.73 Å². The second kappa shape index (κ2) is 4.65. The van der Waals surface area contributed by atoms with Crippen LogP contribution in [0, 0.1) is 0 Å². The Bertz CT molecular complexity index is 766. The van der Waals surface area contributed by atoms with Gasteiger partial charge in [0.25, 0.3) is 0 Å². The van der Waals surface area contributed by atoms with Crippen molar-refractivity contribution in [2.75, 3.05) is 5.73 Å². The summed E-state index contributed by atoms with van der Waals surface area (Å²) in [4.78, 5) is 0. The molecule has 3 rings (SSSR count). The number of aromatic nitrogens is 4. The molecule has 20 heavy (non-hydrogen) atoms. The van der Waals surface area contributed by atoms with Gasteiger partial charge in [0.15, 0.2) is 5.82 Å². The number of hydrogen-bond acceptors (Lipinski definition) is 5. The van der Waals surface area contributed by atoms with Crippen molar-refractivity contribution in [1.82, 2.24) is 20.0 Å². The summed E-state index contributed by atoms with van der Waals surface area (Å²) in [6, 6.07) is 10.6. The summed E-state index contributed by atoms with van der Waals surface area (Å²) >= 11 is 0. The Kier molecular flexibility index (Phi) is 2.83. The zero-order chi connectivity index (χ0) is 14.1. The summed E-state index contributed by atoms with van der Waals surface area (Å²) in [5.41, 5.74) is 8.64. The minimum atomic E-state index is 0.155. The van der Waals surface area contributed by atoms with Crippen molar-refractivity contribution in [1.29, 1.82) is 0 Å². The van der Waals surface area contributed by atoms with Crippen LogP contribution in [-0.2, 0) is 7.05 Å². The van der Waals surface area contributed by atoms with E-state index in [1.54, 1.807) is 35.1 Å². The fourth-order valence-corrected chi connectivity index (χ4v) is 2.07. The lowest BCUT2D eigenvalue weighted by Gasteiger charge is -2.08. The van der Waals surface area contributed by atoms with E-state index < -0.39 is 0 Å². The van der Waals surface area contributed by atoms with Crippen molar-refractivity contribution in [2.24, 2.45) is 7.05 Å². The molecule has 0 fully saturated rings. The first-order valence-electron chi connectivity index (χ1n) is 6.07. The number of benzene rings is 1. The van der Waals surface area contributed by atoms with Gasteiger partial charge in [-0.1, -0.05) is 12.1 Å². The Morgan fingerprint density at radius 1 is 1.10 bits per heavy atom. The van der Waals surface area contributed by atoms with Crippen molar-refractivity contribution in [3.8, 4) is 28.3 Å². The minimum absolute atomic E-state index is 0.155. The Morgan fingerprint density at radius 3 is 2.60 bits per heavy atom. The summed E-state index contributed by atoms with van der Waals surface area (Å²) in [6.45, 7) is 0. The number of phenols is 1. The van der Waals surface area contributed by atoms with Crippen molar-refractivity contribution in [2.45, 2.75) is 0 Å². The Balaban J connectivity index is 2.17. The Morgan fingerprint density at radius 2 is 1.90 bits per heavy atom. The van der Waals surface area contributed by atoms with Gasteiger partial charge in [0.1, 0.15) is 5.75 Å². The van der Waals surface area contributed by atoms with Crippen LogP contribution in [0.25, 0.3) is 22.5 Å². The zero-order valence-corrected chi connectivity index (χ0v) is 10.9. The lowest BCUT2D eigenvalue weighted by Crippen LogP contribution is -2.01. The van der Waals surface area contributed by atoms with Gasteiger partial charge in [0.2, 0.25) is 0 Å². The number of nitrogen functional groups attached to an aromatic ring is 1. The van der Waals surface area contributed by atoms with E-state index in [2.05, 4.69) is 15.3 Å². The standard InChI is InChI=1S/C14H13N5O/c1-19-12(6-7-16-19)10-8-11(17-18-14(10)15)9-4-2-3-5-13(9)20/h2-8,20H,1H3,(H2,15,18). The van der Waals surface area contributed by atoms with Crippen molar-refractivity contribution in [3.63, 3.8) is 0 Å². The smallest absolute Gasteiger partial charge is 0.155 e. The molecule has 3 N–H and O–H groups in total. The monoisotopic (exact) mass is 267 g/mol. The van der Waals surface area contributed by atoms with E-state index in [1.165, 1.54) is 0 Å². The number of aromatic hydroxyl groups is 1. The number of phenolic OH excluding ortho intramolecular Hbond substituents is 1. The second-order valence-electron chi connectivity index (χ2n) is 4.39. The first-order chi connectivity index (χ1) is 9.66. The van der Waals surface area contributed by atoms with Gasteiger partial charge in [-0.05, 0) is 24.3 Å². The number of nitrogens with two attached hydrogens (primary N) is 1. The summed E-state index contributed by atoms with van der Waals surface area (Å²) in [5, 5.41) is 22.0. The maximum absolute atomic E-state index is 9.89. The highest BCUT2D eigenvalue weighted by molar-refractivity contribution is 5.77. The quantitative estimate of drug-likeness (QED) is 0.739. The van der Waals surface area contributed by atoms with Gasteiger partial charge < -0.3 is 10.8 Å². The van der Waals surface area contributed by atoms with E-state index in [9.17, 15) is 5.11 Å². The average molecular weight is 267 g/mol. The van der Waals surface area contributed by atoms with Crippen molar-refractivity contribution >= 4 is 5.82 Å². The van der Waals surface area contributed by atoms with E-state index in [0.717, 1.165) is 11.3 Å². The average Bonchev–Trinajstić information content (AvgIpc) is 2.86. The largest absolute Gasteiger partial charge is 0.507 e. The molecule has 0 aliphatic carbocycles. The predicted molar refractivity (Wildman–Crippen MR) is 75.7 cm³/mol. The highest BCUT2D eigenvalue weighted by atomic mass is 16.3. The Hall–Kier alpha value is -2.89. The topological polar surface area (TPSA) is 89.8 Å². The predicted octanol–water partition coefficient (Wildman–Crippen LogP) is 1.83. The van der Waals surface area contributed by atoms with E-state index in [0.29, 0.717) is 17.1 Å². The fourth-order valence-electron chi connectivity index (χ4n) is 2.07. The molecule has 3 aromatic rings. The first-order valence-corrected chi connectivity index (χ1v) is 6.07. The highest BCUT2D eigenvalue weighted by Gasteiger charge is 2.12. The van der Waals surface area contributed by atoms with Gasteiger partial charge in [0.05, 0.1) is 11.4 Å². The lowest BCUT2D eigenvalue weighted by molar-refractivity contribution is 0.477. The van der Waals surface area contributed by atoms with Crippen LogP contribution in [0.4, 0.5) is 5.82 Å². The molecule has 0 aliphatic rings. The van der Waals surface area contributed by atoms with Crippen molar-refractivity contribution in [3.05, 3.63) is 42.6 Å². The third-order valence-corrected chi connectivity index (χ3v) is 3.10. The van der Waals surface area contributed by atoms with Crippen LogP contribution < -0.4 is 5.73 Å². The van der Waals surface area contributed by atoms with E-state index in [-0.39, 0.29) is 5.75 Å². The molecule has 2 aromatic heterocycles. The molecular formula is C14H13N5O. The second-order valence-corrected chi connectivity index (χ2v) is 4.39. The molecule has 1 aromatic carbocycles. The molecule has 0 saturated heterocycles. The van der Waals surface area contributed by atoms with E-state index in [1.807, 2.05) is 19.2 Å². The van der Waals surface area contributed by atoms with Gasteiger partial charge in [-0.25, -0.2) is 0 Å². The maximum Gasteiger partial charge on any atom is 0.155 e. The molecule has 0 saturated carbocycles. The number of nitrogens with zero attached hydrogens (tertiary/aromatic N) is 4. The molecule has 0 bridgehead atoms. The SMILES string of the molecule is Cn1nccc1-c1cc(-c2ccccc2O)nnc1N. The normalized spacial score (nSPS) is 10.7. The van der Waals surface area contributed by atoms with Crippen LogP contribution >= 0.6 is 0 Å². The zero-order valence-electron chi connectivity index (χ0n) is 10.9. The summed E-state index contributed by atoms with van der Waals surface area (Å²) in [7, 11) is 1.83. The van der Waals surface area contributed by atoms with Crippen LogP contribution in [-0.4, -0.2) is 25.1 Å². The summed E-state index contributed by atoms with van der Waals surface area (Å²) in [6.07, 6.45) is 1.69. The van der Waals surface area contributed by atoms with Crippen LogP contribution in [0.2, 0.25) is 0 Å². The molecule has 6 nitrogen and oxygen atoms in total. The summed E-state index contributed by atoms with van der Waals surface area (Å²) < 4.78 is 1.71. The molecule has 6 heteroatoms. The van der Waals surface area contributed by atoms with Gasteiger partial charge in [-0.2, -0.15) is 5.10 Å². The molecule has 0 aliphatic heterocycles. The third kappa shape index (κ3) is 1.97. The fraction of sp³-hybridized carbons (Fsp3) is 0.0714. The summed E-state index contributed by atoms with van der Waals surface area (Å²) in [5.74, 6) is 0.482.